The highest BCUT2D eigenvalue weighted by molar-refractivity contribution is 5.84. The lowest BCUT2D eigenvalue weighted by Crippen LogP contribution is -2.07. The maximum Gasteiger partial charge on any atom is 0.235 e. The number of hydrogen-bond donors (Lipinski definition) is 2. The van der Waals surface area contributed by atoms with Crippen LogP contribution in [0.5, 0.6) is 11.5 Å². The third kappa shape index (κ3) is 2.73. The van der Waals surface area contributed by atoms with E-state index < -0.39 is 17.0 Å². The van der Waals surface area contributed by atoms with Crippen LogP contribution < -0.4 is 10.2 Å². The van der Waals surface area contributed by atoms with Crippen molar-refractivity contribution in [3.8, 4) is 22.8 Å². The molecule has 0 aliphatic heterocycles. The van der Waals surface area contributed by atoms with Gasteiger partial charge < -0.3 is 14.8 Å². The number of hydrogen-bond acceptors (Lipinski definition) is 4. The van der Waals surface area contributed by atoms with Crippen molar-refractivity contribution in [3.63, 3.8) is 0 Å². The summed E-state index contributed by atoms with van der Waals surface area (Å²) in [7, 11) is 0. The molecule has 2 aromatic heterocycles. The van der Waals surface area contributed by atoms with Gasteiger partial charge in [-0.25, -0.2) is 9.07 Å². The van der Waals surface area contributed by atoms with Crippen LogP contribution in [0.1, 0.15) is 25.5 Å². The van der Waals surface area contributed by atoms with Gasteiger partial charge in [0.25, 0.3) is 0 Å². The summed E-state index contributed by atoms with van der Waals surface area (Å²) in [6, 6.07) is 4.43. The molecule has 1 saturated carbocycles. The molecule has 2 N–H and O–H groups in total. The normalized spacial score (nSPS) is 14.1. The molecule has 1 fully saturated rings. The monoisotopic (exact) mass is 357 g/mol. The number of pyridine rings is 1. The fourth-order valence-electron chi connectivity index (χ4n) is 3.10. The van der Waals surface area contributed by atoms with E-state index in [2.05, 4.69) is 10.1 Å². The van der Waals surface area contributed by atoms with Gasteiger partial charge in [0.15, 0.2) is 5.75 Å². The van der Waals surface area contributed by atoms with E-state index in [-0.39, 0.29) is 11.3 Å². The highest BCUT2D eigenvalue weighted by Gasteiger charge is 2.23. The van der Waals surface area contributed by atoms with Gasteiger partial charge >= 0.3 is 0 Å². The lowest BCUT2D eigenvalue weighted by molar-refractivity contribution is 0.298. The Hall–Kier alpha value is -2.83. The molecule has 3 aromatic rings. The van der Waals surface area contributed by atoms with Crippen LogP contribution in [0.15, 0.2) is 23.0 Å². The number of benzene rings is 1. The average molecular weight is 357 g/mol. The van der Waals surface area contributed by atoms with Crippen LogP contribution in [0.3, 0.4) is 0 Å². The standard InChI is InChI=1S/C19H20FN3O3/c1-3-23-19-15(10(2)22-23)17(24)18(25)16(21-19)13-7-6-12(8-14(13)20)26-9-11-4-5-11/h6-8,11,25H,3-5,9H2,1-2H3,(H,21,24). The molecule has 0 radical (unpaired) electrons. The number of fused-ring (bicyclic) bond motifs is 1. The van der Waals surface area contributed by atoms with Crippen LogP contribution in [0.4, 0.5) is 4.39 Å². The first kappa shape index (κ1) is 16.6. The molecule has 1 aromatic carbocycles. The Bertz CT molecular complexity index is 1050. The second-order valence-corrected chi connectivity index (χ2v) is 6.70. The Morgan fingerprint density at radius 3 is 2.85 bits per heavy atom. The minimum Gasteiger partial charge on any atom is -0.503 e. The lowest BCUT2D eigenvalue weighted by Gasteiger charge is -2.10. The van der Waals surface area contributed by atoms with E-state index in [1.165, 1.54) is 12.1 Å². The first-order chi connectivity index (χ1) is 12.5. The SMILES string of the molecule is CCn1nc(C)c2c(=O)c(O)c(-c3ccc(OCC4CC4)cc3F)[nH]c21. The molecule has 2 heterocycles. The summed E-state index contributed by atoms with van der Waals surface area (Å²) in [4.78, 5) is 15.5. The molecule has 136 valence electrons. The summed E-state index contributed by atoms with van der Waals surface area (Å²) >= 11 is 0. The molecule has 1 aliphatic carbocycles. The van der Waals surface area contributed by atoms with Gasteiger partial charge in [-0.2, -0.15) is 5.10 Å². The summed E-state index contributed by atoms with van der Waals surface area (Å²) in [5.41, 5.74) is 0.593. The summed E-state index contributed by atoms with van der Waals surface area (Å²) < 4.78 is 21.8. The number of aryl methyl sites for hydroxylation is 2. The van der Waals surface area contributed by atoms with Gasteiger partial charge in [0.2, 0.25) is 5.43 Å². The van der Waals surface area contributed by atoms with Crippen LogP contribution in [-0.2, 0) is 6.54 Å². The van der Waals surface area contributed by atoms with E-state index in [1.54, 1.807) is 17.7 Å². The van der Waals surface area contributed by atoms with Gasteiger partial charge in [0.05, 0.1) is 23.4 Å². The number of nitrogens with one attached hydrogen (secondary N) is 1. The van der Waals surface area contributed by atoms with Crippen molar-refractivity contribution in [1.82, 2.24) is 14.8 Å². The van der Waals surface area contributed by atoms with Crippen LogP contribution in [0.2, 0.25) is 0 Å². The van der Waals surface area contributed by atoms with E-state index in [0.717, 1.165) is 12.8 Å². The third-order valence-electron chi connectivity index (χ3n) is 4.74. The number of aromatic nitrogens is 3. The van der Waals surface area contributed by atoms with Crippen LogP contribution in [0, 0.1) is 18.7 Å². The number of H-pyrrole nitrogens is 1. The molecule has 26 heavy (non-hydrogen) atoms. The average Bonchev–Trinajstić information content (AvgIpc) is 3.39. The minimum atomic E-state index is -0.567. The predicted molar refractivity (Wildman–Crippen MR) is 96.0 cm³/mol. The molecule has 6 nitrogen and oxygen atoms in total. The van der Waals surface area contributed by atoms with Crippen molar-refractivity contribution in [1.29, 1.82) is 0 Å². The Balaban J connectivity index is 1.80. The van der Waals surface area contributed by atoms with E-state index >= 15 is 0 Å². The fourth-order valence-corrected chi connectivity index (χ4v) is 3.10. The van der Waals surface area contributed by atoms with Crippen molar-refractivity contribution in [2.75, 3.05) is 6.61 Å². The van der Waals surface area contributed by atoms with Gasteiger partial charge in [-0.1, -0.05) is 0 Å². The van der Waals surface area contributed by atoms with Crippen molar-refractivity contribution in [3.05, 3.63) is 39.9 Å². The molecular formula is C19H20FN3O3. The number of ether oxygens (including phenoxy) is 1. The highest BCUT2D eigenvalue weighted by atomic mass is 19.1. The minimum absolute atomic E-state index is 0.0448. The van der Waals surface area contributed by atoms with Gasteiger partial charge in [-0.3, -0.25) is 4.79 Å². The van der Waals surface area contributed by atoms with E-state index in [9.17, 15) is 14.3 Å². The fraction of sp³-hybridized carbons (Fsp3) is 0.368. The van der Waals surface area contributed by atoms with Crippen molar-refractivity contribution in [2.24, 2.45) is 5.92 Å². The van der Waals surface area contributed by atoms with Gasteiger partial charge in [-0.05, 0) is 44.7 Å². The maximum absolute atomic E-state index is 14.6. The van der Waals surface area contributed by atoms with E-state index in [1.807, 2.05) is 6.92 Å². The van der Waals surface area contributed by atoms with Crippen LogP contribution >= 0.6 is 0 Å². The second kappa shape index (κ2) is 6.16. The van der Waals surface area contributed by atoms with Crippen molar-refractivity contribution >= 4 is 11.0 Å². The Labute approximate surface area is 149 Å². The molecule has 0 unspecified atom stereocenters. The largest absolute Gasteiger partial charge is 0.503 e. The van der Waals surface area contributed by atoms with Gasteiger partial charge in [0, 0.05) is 18.2 Å². The number of aromatic hydroxyl groups is 1. The Morgan fingerprint density at radius 2 is 2.19 bits per heavy atom. The van der Waals surface area contributed by atoms with Gasteiger partial charge in [0.1, 0.15) is 17.2 Å². The van der Waals surface area contributed by atoms with Crippen molar-refractivity contribution < 1.29 is 14.2 Å². The molecule has 0 spiro atoms. The predicted octanol–water partition coefficient (Wildman–Crippen LogP) is 3.35. The van der Waals surface area contributed by atoms with E-state index in [0.29, 0.717) is 41.5 Å². The summed E-state index contributed by atoms with van der Waals surface area (Å²) in [6.07, 6.45) is 2.31. The maximum atomic E-state index is 14.6. The third-order valence-corrected chi connectivity index (χ3v) is 4.74. The van der Waals surface area contributed by atoms with Crippen LogP contribution in [-0.4, -0.2) is 26.5 Å². The topological polar surface area (TPSA) is 80.1 Å². The van der Waals surface area contributed by atoms with Gasteiger partial charge in [-0.15, -0.1) is 0 Å². The summed E-state index contributed by atoms with van der Waals surface area (Å²) in [5.74, 6) is -0.0710. The first-order valence-corrected chi connectivity index (χ1v) is 8.74. The zero-order valence-electron chi connectivity index (χ0n) is 14.7. The Morgan fingerprint density at radius 1 is 1.42 bits per heavy atom. The lowest BCUT2D eigenvalue weighted by atomic mass is 10.1. The number of rotatable bonds is 5. The zero-order chi connectivity index (χ0) is 18.4. The molecule has 4 rings (SSSR count). The van der Waals surface area contributed by atoms with Crippen LogP contribution in [0.25, 0.3) is 22.3 Å². The first-order valence-electron chi connectivity index (χ1n) is 8.74. The number of aromatic amines is 1. The van der Waals surface area contributed by atoms with Crippen molar-refractivity contribution in [2.45, 2.75) is 33.2 Å². The highest BCUT2D eigenvalue weighted by Crippen LogP contribution is 2.33. The summed E-state index contributed by atoms with van der Waals surface area (Å²) in [6.45, 7) is 4.72. The zero-order valence-corrected chi connectivity index (χ0v) is 14.7. The number of halogens is 1. The summed E-state index contributed by atoms with van der Waals surface area (Å²) in [5, 5.41) is 15.0. The molecule has 0 amide bonds. The van der Waals surface area contributed by atoms with E-state index in [4.69, 9.17) is 4.74 Å². The quantitative estimate of drug-likeness (QED) is 0.734. The smallest absolute Gasteiger partial charge is 0.235 e. The molecule has 7 heteroatoms. The molecule has 0 bridgehead atoms. The molecular weight excluding hydrogens is 337 g/mol. The molecule has 0 atom stereocenters. The molecule has 1 aliphatic rings. The molecule has 0 saturated heterocycles. The second-order valence-electron chi connectivity index (χ2n) is 6.70. The Kier molecular flexibility index (Phi) is 3.94. The number of nitrogens with zero attached hydrogens (tertiary/aromatic N) is 2.